The number of benzene rings is 1. The van der Waals surface area contributed by atoms with Crippen LogP contribution in [0.1, 0.15) is 10.6 Å². The fourth-order valence-corrected chi connectivity index (χ4v) is 2.19. The summed E-state index contributed by atoms with van der Waals surface area (Å²) < 4.78 is 5.10. The molecule has 0 atom stereocenters. The minimum Gasteiger partial charge on any atom is -0.497 e. The molecule has 0 aliphatic heterocycles. The van der Waals surface area contributed by atoms with E-state index in [2.05, 4.69) is 26.6 Å². The fourth-order valence-electron chi connectivity index (χ4n) is 1.52. The molecule has 1 aromatic heterocycles. The predicted octanol–water partition coefficient (Wildman–Crippen LogP) is 2.68. The van der Waals surface area contributed by atoms with Gasteiger partial charge in [0.1, 0.15) is 11.8 Å². The fraction of sp³-hybridized carbons (Fsp3) is 0.143. The van der Waals surface area contributed by atoms with Gasteiger partial charge in [-0.25, -0.2) is 0 Å². The summed E-state index contributed by atoms with van der Waals surface area (Å²) in [5, 5.41) is 21.2. The van der Waals surface area contributed by atoms with Gasteiger partial charge in [0.25, 0.3) is 0 Å². The smallest absolute Gasteiger partial charge is 0.211 e. The van der Waals surface area contributed by atoms with E-state index in [1.54, 1.807) is 20.2 Å². The number of hydrogen-bond acceptors (Lipinski definition) is 6. The van der Waals surface area contributed by atoms with Crippen molar-refractivity contribution in [1.29, 1.82) is 5.26 Å². The summed E-state index contributed by atoms with van der Waals surface area (Å²) in [6.45, 7) is 0. The van der Waals surface area contributed by atoms with Crippen LogP contribution in [-0.4, -0.2) is 30.7 Å². The monoisotopic (exact) mass is 299 g/mol. The van der Waals surface area contributed by atoms with Crippen molar-refractivity contribution in [3.63, 3.8) is 0 Å². The van der Waals surface area contributed by atoms with Crippen LogP contribution in [0.2, 0.25) is 0 Å². The zero-order valence-electron chi connectivity index (χ0n) is 11.6. The van der Waals surface area contributed by atoms with Gasteiger partial charge in [-0.15, -0.1) is 10.2 Å². The number of nitrogens with zero attached hydrogens (tertiary/aromatic N) is 4. The molecule has 0 radical (unpaired) electrons. The second-order valence-electron chi connectivity index (χ2n) is 3.89. The van der Waals surface area contributed by atoms with E-state index in [0.717, 1.165) is 11.3 Å². The Hall–Kier alpha value is -2.72. The zero-order valence-corrected chi connectivity index (χ0v) is 12.4. The number of rotatable bonds is 5. The number of aromatic nitrogens is 2. The molecule has 0 aliphatic carbocycles. The van der Waals surface area contributed by atoms with Crippen molar-refractivity contribution >= 4 is 34.5 Å². The number of anilines is 1. The first-order valence-corrected chi connectivity index (χ1v) is 6.85. The lowest BCUT2D eigenvalue weighted by Gasteiger charge is -1.99. The van der Waals surface area contributed by atoms with Crippen LogP contribution in [0.4, 0.5) is 5.13 Å². The molecule has 0 unspecified atom stereocenters. The Kier molecular flexibility index (Phi) is 5.01. The molecule has 0 saturated carbocycles. The van der Waals surface area contributed by atoms with Gasteiger partial charge in [0, 0.05) is 7.05 Å². The van der Waals surface area contributed by atoms with Gasteiger partial charge in [-0.05, 0) is 23.8 Å². The third-order valence-corrected chi connectivity index (χ3v) is 3.41. The molecule has 1 aromatic carbocycles. The number of nitriles is 1. The number of hydrogen-bond donors (Lipinski definition) is 1. The number of aliphatic imine (C=N–C) groups is 1. The molecule has 1 N–H and O–H groups in total. The summed E-state index contributed by atoms with van der Waals surface area (Å²) in [7, 11) is 3.26. The summed E-state index contributed by atoms with van der Waals surface area (Å²) in [5.74, 6) is 0.770. The Labute approximate surface area is 126 Å². The SMILES string of the molecule is CN=CNc1nnc(/C(C#N)=C/c2ccc(OC)cc2)s1. The average Bonchev–Trinajstić information content (AvgIpc) is 3.00. The highest BCUT2D eigenvalue weighted by Gasteiger charge is 2.08. The molecule has 2 rings (SSSR count). The van der Waals surface area contributed by atoms with Crippen LogP contribution in [-0.2, 0) is 0 Å². The molecule has 0 spiro atoms. The first-order valence-electron chi connectivity index (χ1n) is 6.03. The van der Waals surface area contributed by atoms with Crippen LogP contribution in [0.3, 0.4) is 0 Å². The summed E-state index contributed by atoms with van der Waals surface area (Å²) in [4.78, 5) is 3.80. The van der Waals surface area contributed by atoms with Crippen LogP contribution >= 0.6 is 11.3 Å². The van der Waals surface area contributed by atoms with Crippen LogP contribution in [0, 0.1) is 11.3 Å². The lowest BCUT2D eigenvalue weighted by molar-refractivity contribution is 0.415. The Morgan fingerprint density at radius 2 is 2.14 bits per heavy atom. The van der Waals surface area contributed by atoms with E-state index in [1.165, 1.54) is 17.7 Å². The van der Waals surface area contributed by atoms with Crippen LogP contribution in [0.15, 0.2) is 29.3 Å². The maximum Gasteiger partial charge on any atom is 0.211 e. The van der Waals surface area contributed by atoms with Crippen molar-refractivity contribution in [3.05, 3.63) is 34.8 Å². The van der Waals surface area contributed by atoms with Crippen LogP contribution in [0.5, 0.6) is 5.75 Å². The third-order valence-electron chi connectivity index (χ3n) is 2.52. The molecular formula is C14H13N5OS. The Bertz CT molecular complexity index is 697. The molecule has 2 aromatic rings. The van der Waals surface area contributed by atoms with E-state index in [4.69, 9.17) is 4.74 Å². The largest absolute Gasteiger partial charge is 0.497 e. The van der Waals surface area contributed by atoms with Crippen LogP contribution < -0.4 is 10.1 Å². The minimum absolute atomic E-state index is 0.458. The van der Waals surface area contributed by atoms with E-state index < -0.39 is 0 Å². The van der Waals surface area contributed by atoms with Crippen molar-refractivity contribution in [1.82, 2.24) is 10.2 Å². The van der Waals surface area contributed by atoms with Gasteiger partial charge in [-0.3, -0.25) is 4.99 Å². The van der Waals surface area contributed by atoms with E-state index in [-0.39, 0.29) is 0 Å². The summed E-state index contributed by atoms with van der Waals surface area (Å²) in [6.07, 6.45) is 3.28. The van der Waals surface area contributed by atoms with Gasteiger partial charge in [-0.2, -0.15) is 5.26 Å². The van der Waals surface area contributed by atoms with Crippen LogP contribution in [0.25, 0.3) is 11.6 Å². The second kappa shape index (κ2) is 7.17. The quantitative estimate of drug-likeness (QED) is 0.521. The van der Waals surface area contributed by atoms with E-state index in [1.807, 2.05) is 24.3 Å². The van der Waals surface area contributed by atoms with Gasteiger partial charge in [0.05, 0.1) is 19.0 Å². The normalized spacial score (nSPS) is 11.4. The molecule has 106 valence electrons. The van der Waals surface area contributed by atoms with Gasteiger partial charge in [-0.1, -0.05) is 23.5 Å². The van der Waals surface area contributed by atoms with Crippen molar-refractivity contribution in [2.24, 2.45) is 4.99 Å². The first kappa shape index (κ1) is 14.7. The summed E-state index contributed by atoms with van der Waals surface area (Å²) in [5.41, 5.74) is 1.35. The van der Waals surface area contributed by atoms with Gasteiger partial charge >= 0.3 is 0 Å². The third kappa shape index (κ3) is 3.87. The maximum atomic E-state index is 9.28. The lowest BCUT2D eigenvalue weighted by Crippen LogP contribution is -1.92. The Morgan fingerprint density at radius 1 is 1.38 bits per heavy atom. The highest BCUT2D eigenvalue weighted by molar-refractivity contribution is 7.16. The molecule has 7 heteroatoms. The van der Waals surface area contributed by atoms with E-state index >= 15 is 0 Å². The Balaban J connectivity index is 2.23. The molecule has 0 aliphatic rings. The molecule has 0 fully saturated rings. The second-order valence-corrected chi connectivity index (χ2v) is 4.86. The molecule has 21 heavy (non-hydrogen) atoms. The van der Waals surface area contributed by atoms with Crippen molar-refractivity contribution < 1.29 is 4.74 Å². The first-order chi connectivity index (χ1) is 10.3. The molecule has 0 saturated heterocycles. The molecule has 0 bridgehead atoms. The average molecular weight is 299 g/mol. The molecule has 6 nitrogen and oxygen atoms in total. The Morgan fingerprint density at radius 3 is 2.76 bits per heavy atom. The highest BCUT2D eigenvalue weighted by atomic mass is 32.1. The van der Waals surface area contributed by atoms with Crippen molar-refractivity contribution in [2.45, 2.75) is 0 Å². The van der Waals surface area contributed by atoms with Crippen molar-refractivity contribution in [2.75, 3.05) is 19.5 Å². The number of nitrogens with one attached hydrogen (secondary N) is 1. The van der Waals surface area contributed by atoms with E-state index in [0.29, 0.717) is 15.7 Å². The zero-order chi connectivity index (χ0) is 15.1. The van der Waals surface area contributed by atoms with Crippen molar-refractivity contribution in [3.8, 4) is 11.8 Å². The van der Waals surface area contributed by atoms with Gasteiger partial charge in [0.2, 0.25) is 5.13 Å². The minimum atomic E-state index is 0.458. The van der Waals surface area contributed by atoms with E-state index in [9.17, 15) is 5.26 Å². The number of methoxy groups -OCH3 is 1. The molecular weight excluding hydrogens is 286 g/mol. The van der Waals surface area contributed by atoms with Gasteiger partial charge in [0.15, 0.2) is 5.01 Å². The molecule has 1 heterocycles. The van der Waals surface area contributed by atoms with Gasteiger partial charge < -0.3 is 10.1 Å². The lowest BCUT2D eigenvalue weighted by atomic mass is 10.1. The molecule has 0 amide bonds. The number of ether oxygens (including phenoxy) is 1. The highest BCUT2D eigenvalue weighted by Crippen LogP contribution is 2.24. The number of allylic oxidation sites excluding steroid dienone is 1. The maximum absolute atomic E-state index is 9.28. The predicted molar refractivity (Wildman–Crippen MR) is 84.4 cm³/mol. The summed E-state index contributed by atoms with van der Waals surface area (Å²) in [6, 6.07) is 9.57. The standard InChI is InChI=1S/C14H13N5OS/c1-16-9-17-14-19-18-13(21-14)11(8-15)7-10-3-5-12(20-2)6-4-10/h3-7,9H,1-2H3,(H,16,17,19)/b11-7+. The summed E-state index contributed by atoms with van der Waals surface area (Å²) >= 11 is 1.29. The topological polar surface area (TPSA) is 83.2 Å².